The molecule has 0 unspecified atom stereocenters. The van der Waals surface area contributed by atoms with Crippen LogP contribution in [0.5, 0.6) is 0 Å². The molecule has 1 heterocycles. The molecule has 4 nitrogen and oxygen atoms in total. The van der Waals surface area contributed by atoms with E-state index in [1.165, 1.54) is 51.4 Å². The van der Waals surface area contributed by atoms with Gasteiger partial charge in [-0.1, -0.05) is 30.8 Å². The van der Waals surface area contributed by atoms with Gasteiger partial charge in [0.15, 0.2) is 5.82 Å². The molecular weight excluding hydrogens is 226 g/mol. The average Bonchev–Trinajstić information content (AvgIpc) is 2.76. The van der Waals surface area contributed by atoms with Gasteiger partial charge in [0, 0.05) is 17.9 Å². The third-order valence-corrected chi connectivity index (χ3v) is 4.78. The van der Waals surface area contributed by atoms with Crippen molar-refractivity contribution in [3.8, 4) is 0 Å². The number of rotatable bonds is 4. The molecule has 0 amide bonds. The molecule has 0 saturated heterocycles. The molecule has 0 atom stereocenters. The summed E-state index contributed by atoms with van der Waals surface area (Å²) >= 11 is 0. The minimum atomic E-state index is 0.196. The zero-order chi connectivity index (χ0) is 12.4. The molecule has 2 saturated carbocycles. The molecule has 2 aliphatic carbocycles. The Bertz CT molecular complexity index is 391. The van der Waals surface area contributed by atoms with Crippen LogP contribution in [0.15, 0.2) is 4.52 Å². The van der Waals surface area contributed by atoms with Gasteiger partial charge in [-0.3, -0.25) is 0 Å². The SMILES string of the molecule is CNC1(Cc2nc(C3CCC3)no2)CCCCC1. The zero-order valence-electron chi connectivity index (χ0n) is 11.2. The van der Waals surface area contributed by atoms with E-state index in [9.17, 15) is 0 Å². The van der Waals surface area contributed by atoms with Crippen LogP contribution in [0.1, 0.15) is 69.0 Å². The van der Waals surface area contributed by atoms with E-state index in [0.29, 0.717) is 5.92 Å². The molecule has 1 aromatic heterocycles. The van der Waals surface area contributed by atoms with E-state index >= 15 is 0 Å². The third-order valence-electron chi connectivity index (χ3n) is 4.78. The Hall–Kier alpha value is -0.900. The van der Waals surface area contributed by atoms with Crippen LogP contribution >= 0.6 is 0 Å². The van der Waals surface area contributed by atoms with Crippen LogP contribution in [-0.2, 0) is 6.42 Å². The maximum Gasteiger partial charge on any atom is 0.228 e. The van der Waals surface area contributed by atoms with Gasteiger partial charge in [-0.15, -0.1) is 0 Å². The van der Waals surface area contributed by atoms with E-state index in [-0.39, 0.29) is 5.54 Å². The van der Waals surface area contributed by atoms with Crippen molar-refractivity contribution < 1.29 is 4.52 Å². The number of likely N-dealkylation sites (N-methyl/N-ethyl adjacent to an activating group) is 1. The van der Waals surface area contributed by atoms with E-state index in [1.54, 1.807) is 0 Å². The van der Waals surface area contributed by atoms with E-state index < -0.39 is 0 Å². The smallest absolute Gasteiger partial charge is 0.228 e. The summed E-state index contributed by atoms with van der Waals surface area (Å²) < 4.78 is 5.45. The lowest BCUT2D eigenvalue weighted by molar-refractivity contribution is 0.220. The van der Waals surface area contributed by atoms with Gasteiger partial charge in [-0.2, -0.15) is 4.98 Å². The highest BCUT2D eigenvalue weighted by Gasteiger charge is 2.33. The largest absolute Gasteiger partial charge is 0.339 e. The highest BCUT2D eigenvalue weighted by molar-refractivity contribution is 5.03. The first-order valence-corrected chi connectivity index (χ1v) is 7.33. The van der Waals surface area contributed by atoms with Crippen molar-refractivity contribution >= 4 is 0 Å². The first-order chi connectivity index (χ1) is 8.81. The Balaban J connectivity index is 1.68. The lowest BCUT2D eigenvalue weighted by Gasteiger charge is -2.36. The van der Waals surface area contributed by atoms with Crippen molar-refractivity contribution in [2.75, 3.05) is 7.05 Å². The molecule has 4 heteroatoms. The molecule has 0 radical (unpaired) electrons. The fourth-order valence-corrected chi connectivity index (χ4v) is 3.21. The quantitative estimate of drug-likeness (QED) is 0.891. The Labute approximate surface area is 109 Å². The monoisotopic (exact) mass is 249 g/mol. The second-order valence-electron chi connectivity index (χ2n) is 5.94. The Morgan fingerprint density at radius 2 is 2.00 bits per heavy atom. The van der Waals surface area contributed by atoms with Gasteiger partial charge in [0.25, 0.3) is 0 Å². The minimum absolute atomic E-state index is 0.196. The second-order valence-corrected chi connectivity index (χ2v) is 5.94. The van der Waals surface area contributed by atoms with Crippen molar-refractivity contribution in [1.29, 1.82) is 0 Å². The lowest BCUT2D eigenvalue weighted by Crippen LogP contribution is -2.46. The van der Waals surface area contributed by atoms with Crippen LogP contribution in [0.3, 0.4) is 0 Å². The molecule has 18 heavy (non-hydrogen) atoms. The van der Waals surface area contributed by atoms with E-state index in [0.717, 1.165) is 18.1 Å². The molecule has 2 aliphatic rings. The van der Waals surface area contributed by atoms with E-state index in [4.69, 9.17) is 4.52 Å². The zero-order valence-corrected chi connectivity index (χ0v) is 11.2. The van der Waals surface area contributed by atoms with E-state index in [1.807, 2.05) is 0 Å². The Morgan fingerprint density at radius 1 is 1.22 bits per heavy atom. The van der Waals surface area contributed by atoms with Crippen molar-refractivity contribution in [2.45, 2.75) is 69.2 Å². The summed E-state index contributed by atoms with van der Waals surface area (Å²) in [5.74, 6) is 2.34. The molecule has 0 aliphatic heterocycles. The van der Waals surface area contributed by atoms with Gasteiger partial charge in [-0.25, -0.2) is 0 Å². The number of nitrogens with zero attached hydrogens (tertiary/aromatic N) is 2. The minimum Gasteiger partial charge on any atom is -0.339 e. The maximum absolute atomic E-state index is 5.45. The van der Waals surface area contributed by atoms with Gasteiger partial charge in [0.1, 0.15) is 0 Å². The lowest BCUT2D eigenvalue weighted by atomic mass is 9.79. The van der Waals surface area contributed by atoms with Crippen molar-refractivity contribution in [1.82, 2.24) is 15.5 Å². The van der Waals surface area contributed by atoms with Crippen molar-refractivity contribution in [2.24, 2.45) is 0 Å². The highest BCUT2D eigenvalue weighted by Crippen LogP contribution is 2.35. The van der Waals surface area contributed by atoms with Gasteiger partial charge in [0.05, 0.1) is 0 Å². The summed E-state index contributed by atoms with van der Waals surface area (Å²) in [6.07, 6.45) is 11.1. The van der Waals surface area contributed by atoms with Gasteiger partial charge in [0.2, 0.25) is 5.89 Å². The second kappa shape index (κ2) is 5.00. The summed E-state index contributed by atoms with van der Waals surface area (Å²) in [7, 11) is 2.06. The van der Waals surface area contributed by atoms with Crippen molar-refractivity contribution in [3.05, 3.63) is 11.7 Å². The topological polar surface area (TPSA) is 51.0 Å². The fraction of sp³-hybridized carbons (Fsp3) is 0.857. The predicted molar refractivity (Wildman–Crippen MR) is 69.5 cm³/mol. The molecular formula is C14H23N3O. The summed E-state index contributed by atoms with van der Waals surface area (Å²) in [5, 5.41) is 7.66. The van der Waals surface area contributed by atoms with Crippen LogP contribution in [-0.4, -0.2) is 22.7 Å². The molecule has 2 fully saturated rings. The Kier molecular flexibility index (Phi) is 3.37. The van der Waals surface area contributed by atoms with Crippen LogP contribution < -0.4 is 5.32 Å². The molecule has 1 N–H and O–H groups in total. The van der Waals surface area contributed by atoms with Crippen LogP contribution in [0.2, 0.25) is 0 Å². The highest BCUT2D eigenvalue weighted by atomic mass is 16.5. The third kappa shape index (κ3) is 2.30. The van der Waals surface area contributed by atoms with Crippen LogP contribution in [0.25, 0.3) is 0 Å². The Morgan fingerprint density at radius 3 is 2.61 bits per heavy atom. The first-order valence-electron chi connectivity index (χ1n) is 7.33. The molecule has 1 aromatic rings. The van der Waals surface area contributed by atoms with E-state index in [2.05, 4.69) is 22.5 Å². The number of aromatic nitrogens is 2. The number of hydrogen-bond donors (Lipinski definition) is 1. The fourth-order valence-electron chi connectivity index (χ4n) is 3.21. The maximum atomic E-state index is 5.45. The number of hydrogen-bond acceptors (Lipinski definition) is 4. The van der Waals surface area contributed by atoms with Crippen LogP contribution in [0, 0.1) is 0 Å². The number of nitrogens with one attached hydrogen (secondary N) is 1. The standard InChI is InChI=1S/C14H23N3O/c1-15-14(8-3-2-4-9-14)10-12-16-13(17-18-12)11-6-5-7-11/h11,15H,2-10H2,1H3. The molecule has 0 aromatic carbocycles. The molecule has 0 bridgehead atoms. The van der Waals surface area contributed by atoms with Gasteiger partial charge < -0.3 is 9.84 Å². The van der Waals surface area contributed by atoms with Crippen molar-refractivity contribution in [3.63, 3.8) is 0 Å². The summed E-state index contributed by atoms with van der Waals surface area (Å²) in [5.41, 5.74) is 0.196. The molecule has 100 valence electrons. The summed E-state index contributed by atoms with van der Waals surface area (Å²) in [6.45, 7) is 0. The van der Waals surface area contributed by atoms with Gasteiger partial charge in [-0.05, 0) is 32.7 Å². The molecule has 3 rings (SSSR count). The summed E-state index contributed by atoms with van der Waals surface area (Å²) in [4.78, 5) is 4.60. The van der Waals surface area contributed by atoms with Gasteiger partial charge >= 0.3 is 0 Å². The summed E-state index contributed by atoms with van der Waals surface area (Å²) in [6, 6.07) is 0. The molecule has 0 spiro atoms. The normalized spacial score (nSPS) is 23.8. The first kappa shape index (κ1) is 12.2. The predicted octanol–water partition coefficient (Wildman–Crippen LogP) is 2.80. The van der Waals surface area contributed by atoms with Crippen LogP contribution in [0.4, 0.5) is 0 Å². The average molecular weight is 249 g/mol.